The molecule has 0 radical (unpaired) electrons. The number of ether oxygens (including phenoxy) is 2. The fraction of sp³-hybridized carbons (Fsp3) is 0.125. The van der Waals surface area contributed by atoms with Gasteiger partial charge in [0.15, 0.2) is 11.5 Å². The van der Waals surface area contributed by atoms with Crippen LogP contribution in [-0.2, 0) is 0 Å². The molecule has 0 unspecified atom stereocenters. The smallest absolute Gasteiger partial charge is 0.387 e. The van der Waals surface area contributed by atoms with Crippen LogP contribution in [0.1, 0.15) is 20.7 Å². The van der Waals surface area contributed by atoms with Crippen LogP contribution in [0.4, 0.5) is 14.5 Å². The van der Waals surface area contributed by atoms with E-state index in [9.17, 15) is 28.5 Å². The lowest BCUT2D eigenvalue weighted by Crippen LogP contribution is -2.41. The molecule has 12 heteroatoms. The minimum Gasteiger partial charge on any atom is -0.493 e. The van der Waals surface area contributed by atoms with Gasteiger partial charge in [-0.1, -0.05) is 11.6 Å². The van der Waals surface area contributed by atoms with Gasteiger partial charge >= 0.3 is 6.61 Å². The lowest BCUT2D eigenvalue weighted by Gasteiger charge is -2.12. The van der Waals surface area contributed by atoms with E-state index < -0.39 is 40.3 Å². The van der Waals surface area contributed by atoms with Crippen LogP contribution in [0.5, 0.6) is 11.5 Å². The molecule has 148 valence electrons. The highest BCUT2D eigenvalue weighted by atomic mass is 35.5. The summed E-state index contributed by atoms with van der Waals surface area (Å²) >= 11 is 5.71. The first-order chi connectivity index (χ1) is 13.2. The van der Waals surface area contributed by atoms with E-state index in [2.05, 4.69) is 10.2 Å². The van der Waals surface area contributed by atoms with Gasteiger partial charge in [-0.05, 0) is 24.3 Å². The predicted molar refractivity (Wildman–Crippen MR) is 92.7 cm³/mol. The summed E-state index contributed by atoms with van der Waals surface area (Å²) < 4.78 is 33.9. The zero-order valence-corrected chi connectivity index (χ0v) is 14.8. The van der Waals surface area contributed by atoms with E-state index in [0.717, 1.165) is 13.2 Å². The second-order valence-electron chi connectivity index (χ2n) is 5.07. The molecule has 0 aliphatic heterocycles. The fourth-order valence-electron chi connectivity index (χ4n) is 2.08. The third-order valence-electron chi connectivity index (χ3n) is 3.34. The van der Waals surface area contributed by atoms with E-state index >= 15 is 0 Å². The Balaban J connectivity index is 2.24. The van der Waals surface area contributed by atoms with E-state index in [0.29, 0.717) is 11.1 Å². The Morgan fingerprint density at radius 2 is 1.71 bits per heavy atom. The first kappa shape index (κ1) is 20.8. The summed E-state index contributed by atoms with van der Waals surface area (Å²) in [6.07, 6.45) is 0. The van der Waals surface area contributed by atoms with Gasteiger partial charge in [0.25, 0.3) is 17.5 Å². The van der Waals surface area contributed by atoms with Crippen molar-refractivity contribution in [3.05, 3.63) is 62.7 Å². The molecule has 0 spiro atoms. The second kappa shape index (κ2) is 8.95. The Labute approximate surface area is 161 Å². The quantitative estimate of drug-likeness (QED) is 0.553. The number of hydrazine groups is 1. The van der Waals surface area contributed by atoms with Gasteiger partial charge in [0.1, 0.15) is 5.56 Å². The topological polar surface area (TPSA) is 120 Å². The lowest BCUT2D eigenvalue weighted by molar-refractivity contribution is -0.385. The molecule has 2 aromatic carbocycles. The van der Waals surface area contributed by atoms with E-state index in [-0.39, 0.29) is 11.3 Å². The van der Waals surface area contributed by atoms with Crippen molar-refractivity contribution in [2.24, 2.45) is 0 Å². The number of hydrogen-bond acceptors (Lipinski definition) is 6. The SMILES string of the molecule is COc1cc(C(=O)NNC(=O)c2ccc(Cl)cc2)c([N+](=O)[O-])cc1OC(F)F. The highest BCUT2D eigenvalue weighted by molar-refractivity contribution is 6.30. The Morgan fingerprint density at radius 1 is 1.11 bits per heavy atom. The summed E-state index contributed by atoms with van der Waals surface area (Å²) in [5.41, 5.74) is 2.87. The lowest BCUT2D eigenvalue weighted by atomic mass is 10.1. The minimum absolute atomic E-state index is 0.164. The molecular weight excluding hydrogens is 404 g/mol. The number of amides is 2. The maximum atomic E-state index is 12.4. The van der Waals surface area contributed by atoms with Crippen molar-refractivity contribution in [3.63, 3.8) is 0 Å². The first-order valence-corrected chi connectivity index (χ1v) is 7.78. The van der Waals surface area contributed by atoms with Crippen molar-refractivity contribution >= 4 is 29.1 Å². The third-order valence-corrected chi connectivity index (χ3v) is 3.59. The molecule has 9 nitrogen and oxygen atoms in total. The number of carbonyl (C=O) groups is 2. The molecular formula is C16H12ClF2N3O6. The van der Waals surface area contributed by atoms with Gasteiger partial charge in [-0.3, -0.25) is 30.6 Å². The number of hydrogen-bond donors (Lipinski definition) is 2. The second-order valence-corrected chi connectivity index (χ2v) is 5.51. The summed E-state index contributed by atoms with van der Waals surface area (Å²) in [6, 6.07) is 7.17. The molecule has 0 fully saturated rings. The minimum atomic E-state index is -3.26. The van der Waals surface area contributed by atoms with Crippen molar-refractivity contribution < 1.29 is 32.8 Å². The maximum absolute atomic E-state index is 12.4. The van der Waals surface area contributed by atoms with Gasteiger partial charge < -0.3 is 9.47 Å². The molecule has 0 aliphatic rings. The third kappa shape index (κ3) is 5.04. The largest absolute Gasteiger partial charge is 0.493 e. The van der Waals surface area contributed by atoms with Crippen LogP contribution in [0, 0.1) is 10.1 Å². The van der Waals surface area contributed by atoms with Gasteiger partial charge in [-0.25, -0.2) is 0 Å². The van der Waals surface area contributed by atoms with Crippen LogP contribution in [0.15, 0.2) is 36.4 Å². The van der Waals surface area contributed by atoms with Crippen LogP contribution in [0.2, 0.25) is 5.02 Å². The van der Waals surface area contributed by atoms with Crippen molar-refractivity contribution in [1.29, 1.82) is 0 Å². The summed E-state index contributed by atoms with van der Waals surface area (Å²) in [6.45, 7) is -3.26. The average Bonchev–Trinajstić information content (AvgIpc) is 2.65. The number of nitro groups is 1. The molecule has 2 amide bonds. The number of halogens is 3. The summed E-state index contributed by atoms with van der Waals surface area (Å²) in [5.74, 6) is -2.74. The highest BCUT2D eigenvalue weighted by Gasteiger charge is 2.26. The van der Waals surface area contributed by atoms with Gasteiger partial charge in [0.2, 0.25) is 0 Å². The molecule has 2 N–H and O–H groups in total. The van der Waals surface area contributed by atoms with Gasteiger partial charge in [-0.2, -0.15) is 8.78 Å². The number of nitrogens with zero attached hydrogens (tertiary/aromatic N) is 1. The molecule has 2 aromatic rings. The predicted octanol–water partition coefficient (Wildman–Crippen LogP) is 2.93. The van der Waals surface area contributed by atoms with Crippen molar-refractivity contribution in [3.8, 4) is 11.5 Å². The molecule has 0 heterocycles. The average molecular weight is 416 g/mol. The molecule has 2 rings (SSSR count). The highest BCUT2D eigenvalue weighted by Crippen LogP contribution is 2.35. The molecule has 28 heavy (non-hydrogen) atoms. The van der Waals surface area contributed by atoms with Gasteiger partial charge in [-0.15, -0.1) is 0 Å². The van der Waals surface area contributed by atoms with Crippen molar-refractivity contribution in [2.75, 3.05) is 7.11 Å². The monoisotopic (exact) mass is 415 g/mol. The zero-order chi connectivity index (χ0) is 20.8. The van der Waals surface area contributed by atoms with Crippen LogP contribution < -0.4 is 20.3 Å². The molecule has 0 saturated heterocycles. The van der Waals surface area contributed by atoms with Crippen LogP contribution >= 0.6 is 11.6 Å². The molecule has 0 aliphatic carbocycles. The number of alkyl halides is 2. The summed E-state index contributed by atoms with van der Waals surface area (Å²) in [5, 5.41) is 11.6. The molecule has 0 atom stereocenters. The summed E-state index contributed by atoms with van der Waals surface area (Å²) in [4.78, 5) is 34.5. The number of methoxy groups -OCH3 is 1. The standard InChI is InChI=1S/C16H12ClF2N3O6/c1-27-12-6-10(11(22(25)26)7-13(12)28-16(18)19)15(24)21-20-14(23)8-2-4-9(17)5-3-8/h2-7,16H,1H3,(H,20,23)(H,21,24). The van der Waals surface area contributed by atoms with E-state index in [1.807, 2.05) is 5.43 Å². The molecule has 0 saturated carbocycles. The fourth-order valence-corrected chi connectivity index (χ4v) is 2.21. The van der Waals surface area contributed by atoms with Crippen LogP contribution in [0.25, 0.3) is 0 Å². The van der Waals surface area contributed by atoms with Gasteiger partial charge in [0.05, 0.1) is 18.1 Å². The van der Waals surface area contributed by atoms with E-state index in [1.54, 1.807) is 0 Å². The Bertz CT molecular complexity index is 908. The summed E-state index contributed by atoms with van der Waals surface area (Å²) in [7, 11) is 1.10. The zero-order valence-electron chi connectivity index (χ0n) is 14.1. The Morgan fingerprint density at radius 3 is 2.25 bits per heavy atom. The number of rotatable bonds is 6. The van der Waals surface area contributed by atoms with Crippen molar-refractivity contribution in [2.45, 2.75) is 6.61 Å². The number of nitro benzene ring substituents is 1. The van der Waals surface area contributed by atoms with Gasteiger partial charge in [0, 0.05) is 16.7 Å². The van der Waals surface area contributed by atoms with E-state index in [1.165, 1.54) is 24.3 Å². The van der Waals surface area contributed by atoms with E-state index in [4.69, 9.17) is 16.3 Å². The molecule has 0 bridgehead atoms. The number of benzene rings is 2. The Kier molecular flexibility index (Phi) is 6.66. The molecule has 0 aromatic heterocycles. The first-order valence-electron chi connectivity index (χ1n) is 7.40. The number of nitrogens with one attached hydrogen (secondary N) is 2. The number of carbonyl (C=O) groups excluding carboxylic acids is 2. The maximum Gasteiger partial charge on any atom is 0.387 e. The van der Waals surface area contributed by atoms with Crippen molar-refractivity contribution in [1.82, 2.24) is 10.9 Å². The van der Waals surface area contributed by atoms with Crippen LogP contribution in [-0.4, -0.2) is 30.5 Å². The normalized spacial score (nSPS) is 10.3. The Hall–Kier alpha value is -3.47. The van der Waals surface area contributed by atoms with Crippen LogP contribution in [0.3, 0.4) is 0 Å².